The van der Waals surface area contributed by atoms with Gasteiger partial charge in [0.25, 0.3) is 0 Å². The highest BCUT2D eigenvalue weighted by Gasteiger charge is 2.09. The standard InChI is InChI=1S/C9H14O4/c1-5-11-9(10)13-8(4)12-6-7(2)3/h5,8H,1-2,6H2,3-4H3. The highest BCUT2D eigenvalue weighted by atomic mass is 16.8. The Bertz CT molecular complexity index is 198. The molecule has 0 saturated heterocycles. The minimum absolute atomic E-state index is 0.350. The monoisotopic (exact) mass is 186 g/mol. The molecule has 0 aliphatic carbocycles. The minimum atomic E-state index is -0.829. The van der Waals surface area contributed by atoms with Gasteiger partial charge in [-0.1, -0.05) is 18.7 Å². The summed E-state index contributed by atoms with van der Waals surface area (Å²) < 4.78 is 14.0. The highest BCUT2D eigenvalue weighted by molar-refractivity contribution is 5.60. The molecular formula is C9H14O4. The lowest BCUT2D eigenvalue weighted by molar-refractivity contribution is -0.0982. The van der Waals surface area contributed by atoms with Crippen LogP contribution in [0.1, 0.15) is 13.8 Å². The number of hydrogen-bond donors (Lipinski definition) is 0. The summed E-state index contributed by atoms with van der Waals surface area (Å²) in [7, 11) is 0. The van der Waals surface area contributed by atoms with Gasteiger partial charge >= 0.3 is 6.16 Å². The largest absolute Gasteiger partial charge is 0.515 e. The van der Waals surface area contributed by atoms with Gasteiger partial charge in [0.1, 0.15) is 0 Å². The molecule has 0 bridgehead atoms. The van der Waals surface area contributed by atoms with Crippen LogP contribution in [0.15, 0.2) is 25.0 Å². The van der Waals surface area contributed by atoms with Crippen LogP contribution in [-0.2, 0) is 14.2 Å². The Kier molecular flexibility index (Phi) is 5.63. The summed E-state index contributed by atoms with van der Waals surface area (Å²) in [6, 6.07) is 0. The molecule has 74 valence electrons. The Morgan fingerprint density at radius 3 is 2.69 bits per heavy atom. The van der Waals surface area contributed by atoms with Gasteiger partial charge in [-0.2, -0.15) is 0 Å². The summed E-state index contributed by atoms with van der Waals surface area (Å²) in [5.41, 5.74) is 0.854. The third kappa shape index (κ3) is 7.08. The molecule has 0 aromatic rings. The summed E-state index contributed by atoms with van der Waals surface area (Å²) in [5.74, 6) is 0. The summed E-state index contributed by atoms with van der Waals surface area (Å²) in [5, 5.41) is 0. The molecule has 0 rings (SSSR count). The molecule has 4 nitrogen and oxygen atoms in total. The fourth-order valence-electron chi connectivity index (χ4n) is 0.525. The van der Waals surface area contributed by atoms with Crippen molar-refractivity contribution in [3.05, 3.63) is 25.0 Å². The Morgan fingerprint density at radius 2 is 2.23 bits per heavy atom. The number of rotatable bonds is 5. The van der Waals surface area contributed by atoms with Crippen LogP contribution < -0.4 is 0 Å². The molecule has 0 aliphatic heterocycles. The highest BCUT2D eigenvalue weighted by Crippen LogP contribution is 1.99. The van der Waals surface area contributed by atoms with E-state index >= 15 is 0 Å². The number of hydrogen-bond acceptors (Lipinski definition) is 4. The van der Waals surface area contributed by atoms with Gasteiger partial charge in [-0.05, 0) is 13.8 Å². The topological polar surface area (TPSA) is 44.8 Å². The van der Waals surface area contributed by atoms with E-state index in [4.69, 9.17) is 4.74 Å². The predicted octanol–water partition coefficient (Wildman–Crippen LogP) is 2.22. The van der Waals surface area contributed by atoms with Crippen molar-refractivity contribution < 1.29 is 19.0 Å². The van der Waals surface area contributed by atoms with Crippen LogP contribution in [0.3, 0.4) is 0 Å². The molecule has 0 aliphatic rings. The van der Waals surface area contributed by atoms with Crippen molar-refractivity contribution in [3.63, 3.8) is 0 Å². The van der Waals surface area contributed by atoms with E-state index in [1.54, 1.807) is 6.92 Å². The van der Waals surface area contributed by atoms with Gasteiger partial charge < -0.3 is 14.2 Å². The maximum Gasteiger partial charge on any atom is 0.515 e. The summed E-state index contributed by atoms with van der Waals surface area (Å²) in [6.45, 7) is 10.6. The molecule has 4 heteroatoms. The van der Waals surface area contributed by atoms with Crippen LogP contribution >= 0.6 is 0 Å². The van der Waals surface area contributed by atoms with Crippen molar-refractivity contribution in [3.8, 4) is 0 Å². The van der Waals surface area contributed by atoms with E-state index in [9.17, 15) is 4.79 Å². The molecule has 0 heterocycles. The first-order valence-corrected chi connectivity index (χ1v) is 3.80. The summed E-state index contributed by atoms with van der Waals surface area (Å²) in [6.07, 6.45) is -0.485. The van der Waals surface area contributed by atoms with E-state index in [2.05, 4.69) is 22.6 Å². The summed E-state index contributed by atoms with van der Waals surface area (Å²) in [4.78, 5) is 10.7. The SMILES string of the molecule is C=COC(=O)OC(C)OCC(=C)C. The predicted molar refractivity (Wildman–Crippen MR) is 48.0 cm³/mol. The van der Waals surface area contributed by atoms with Gasteiger partial charge in [-0.25, -0.2) is 4.79 Å². The normalized spacial score (nSPS) is 11.5. The molecular weight excluding hydrogens is 172 g/mol. The Balaban J connectivity index is 3.60. The average molecular weight is 186 g/mol. The Hall–Kier alpha value is -1.29. The van der Waals surface area contributed by atoms with Crippen LogP contribution in [0.4, 0.5) is 4.79 Å². The third-order valence-electron chi connectivity index (χ3n) is 1.01. The Morgan fingerprint density at radius 1 is 1.62 bits per heavy atom. The second-order valence-electron chi connectivity index (χ2n) is 2.49. The average Bonchev–Trinajstić information content (AvgIpc) is 2.01. The van der Waals surface area contributed by atoms with E-state index in [-0.39, 0.29) is 0 Å². The Labute approximate surface area is 77.8 Å². The molecule has 13 heavy (non-hydrogen) atoms. The van der Waals surface area contributed by atoms with Gasteiger partial charge in [0.2, 0.25) is 6.29 Å². The molecule has 0 amide bonds. The lowest BCUT2D eigenvalue weighted by atomic mass is 10.4. The fraction of sp³-hybridized carbons (Fsp3) is 0.444. The van der Waals surface area contributed by atoms with Crippen LogP contribution in [0.5, 0.6) is 0 Å². The second-order valence-corrected chi connectivity index (χ2v) is 2.49. The smallest absolute Gasteiger partial charge is 0.404 e. The molecule has 0 N–H and O–H groups in total. The molecule has 0 saturated carbocycles. The van der Waals surface area contributed by atoms with Gasteiger partial charge in [-0.15, -0.1) is 0 Å². The fourth-order valence-corrected chi connectivity index (χ4v) is 0.525. The minimum Gasteiger partial charge on any atom is -0.404 e. The number of ether oxygens (including phenoxy) is 3. The van der Waals surface area contributed by atoms with E-state index in [0.717, 1.165) is 11.8 Å². The van der Waals surface area contributed by atoms with Crippen molar-refractivity contribution in [2.24, 2.45) is 0 Å². The molecule has 0 aromatic carbocycles. The van der Waals surface area contributed by atoms with Gasteiger partial charge in [0, 0.05) is 0 Å². The van der Waals surface area contributed by atoms with E-state index in [0.29, 0.717) is 6.61 Å². The lowest BCUT2D eigenvalue weighted by Gasteiger charge is -2.12. The van der Waals surface area contributed by atoms with Crippen molar-refractivity contribution >= 4 is 6.16 Å². The van der Waals surface area contributed by atoms with Gasteiger partial charge in [0.15, 0.2) is 0 Å². The molecule has 0 spiro atoms. The molecule has 0 radical (unpaired) electrons. The zero-order valence-corrected chi connectivity index (χ0v) is 7.91. The molecule has 1 atom stereocenters. The van der Waals surface area contributed by atoms with Crippen molar-refractivity contribution in [2.75, 3.05) is 6.61 Å². The van der Waals surface area contributed by atoms with Gasteiger partial charge in [0.05, 0.1) is 12.9 Å². The number of carbonyl (C=O) groups excluding carboxylic acids is 1. The lowest BCUT2D eigenvalue weighted by Crippen LogP contribution is -2.18. The van der Waals surface area contributed by atoms with Crippen molar-refractivity contribution in [2.45, 2.75) is 20.1 Å². The molecule has 0 aromatic heterocycles. The van der Waals surface area contributed by atoms with Crippen molar-refractivity contribution in [1.82, 2.24) is 0 Å². The van der Waals surface area contributed by atoms with Crippen molar-refractivity contribution in [1.29, 1.82) is 0 Å². The summed E-state index contributed by atoms with van der Waals surface area (Å²) >= 11 is 0. The first kappa shape index (κ1) is 11.7. The molecule has 0 fully saturated rings. The molecule has 1 unspecified atom stereocenters. The maximum absolute atomic E-state index is 10.7. The van der Waals surface area contributed by atoms with Crippen LogP contribution in [0, 0.1) is 0 Å². The van der Waals surface area contributed by atoms with Crippen LogP contribution in [-0.4, -0.2) is 19.1 Å². The van der Waals surface area contributed by atoms with E-state index in [1.165, 1.54) is 0 Å². The first-order chi connectivity index (χ1) is 6.06. The quantitative estimate of drug-likeness (QED) is 0.286. The zero-order valence-electron chi connectivity index (χ0n) is 7.91. The maximum atomic E-state index is 10.7. The first-order valence-electron chi connectivity index (χ1n) is 3.80. The van der Waals surface area contributed by atoms with Crippen LogP contribution in [0.2, 0.25) is 0 Å². The van der Waals surface area contributed by atoms with Crippen LogP contribution in [0.25, 0.3) is 0 Å². The zero-order chi connectivity index (χ0) is 10.3. The van der Waals surface area contributed by atoms with E-state index in [1.807, 2.05) is 6.92 Å². The van der Waals surface area contributed by atoms with E-state index < -0.39 is 12.4 Å². The number of carbonyl (C=O) groups is 1. The second kappa shape index (κ2) is 6.25. The van der Waals surface area contributed by atoms with Gasteiger partial charge in [-0.3, -0.25) is 0 Å². The third-order valence-corrected chi connectivity index (χ3v) is 1.01.